The van der Waals surface area contributed by atoms with Crippen LogP contribution in [0.4, 0.5) is 11.5 Å². The third kappa shape index (κ3) is 3.84. The lowest BCUT2D eigenvalue weighted by Crippen LogP contribution is -2.45. The summed E-state index contributed by atoms with van der Waals surface area (Å²) < 4.78 is 0. The Morgan fingerprint density at radius 1 is 1.10 bits per heavy atom. The molecule has 1 atom stereocenters. The molecule has 0 amide bonds. The Labute approximate surface area is 201 Å². The standard InChI is InChI=1S/C21H26ClN5.3ClH/c1-20(22)6-5-16-18(20)19(26-13-25-16)27-9-7-21(8-10-27)12-24-15-4-2-3-14(11-23)17(15)21;;;/h2-4,13,24H,5-12,23H2,1H3;3*1H. The van der Waals surface area contributed by atoms with E-state index in [1.165, 1.54) is 16.8 Å². The molecule has 5 nitrogen and oxygen atoms in total. The number of hydrogen-bond acceptors (Lipinski definition) is 5. The summed E-state index contributed by atoms with van der Waals surface area (Å²) in [5.74, 6) is 1.04. The van der Waals surface area contributed by atoms with Gasteiger partial charge in [0.2, 0.25) is 0 Å². The molecule has 1 unspecified atom stereocenters. The first kappa shape index (κ1) is 25.3. The predicted molar refractivity (Wildman–Crippen MR) is 131 cm³/mol. The van der Waals surface area contributed by atoms with Gasteiger partial charge in [-0.3, -0.25) is 0 Å². The molecule has 0 saturated carbocycles. The smallest absolute Gasteiger partial charge is 0.137 e. The molecule has 3 aliphatic rings. The number of nitrogens with one attached hydrogen (secondary N) is 1. The molecule has 3 N–H and O–H groups in total. The second kappa shape index (κ2) is 9.25. The first-order valence-electron chi connectivity index (χ1n) is 9.89. The molecule has 1 saturated heterocycles. The van der Waals surface area contributed by atoms with Gasteiger partial charge in [0.1, 0.15) is 12.1 Å². The zero-order valence-electron chi connectivity index (χ0n) is 17.0. The quantitative estimate of drug-likeness (QED) is 0.601. The van der Waals surface area contributed by atoms with Gasteiger partial charge in [0.15, 0.2) is 0 Å². The van der Waals surface area contributed by atoms with Gasteiger partial charge in [-0.1, -0.05) is 12.1 Å². The first-order chi connectivity index (χ1) is 13.0. The largest absolute Gasteiger partial charge is 0.384 e. The topological polar surface area (TPSA) is 67.1 Å². The second-order valence-electron chi connectivity index (χ2n) is 8.38. The molecular formula is C21H29Cl4N5. The summed E-state index contributed by atoms with van der Waals surface area (Å²) in [4.78, 5) is 11.2. The van der Waals surface area contributed by atoms with E-state index < -0.39 is 0 Å². The molecule has 1 spiro atoms. The fourth-order valence-electron chi connectivity index (χ4n) is 5.32. The van der Waals surface area contributed by atoms with Crippen LogP contribution < -0.4 is 16.0 Å². The van der Waals surface area contributed by atoms with Gasteiger partial charge < -0.3 is 16.0 Å². The summed E-state index contributed by atoms with van der Waals surface area (Å²) in [6.07, 6.45) is 5.78. The highest BCUT2D eigenvalue weighted by molar-refractivity contribution is 6.24. The van der Waals surface area contributed by atoms with Gasteiger partial charge in [0, 0.05) is 42.8 Å². The van der Waals surface area contributed by atoms with Crippen molar-refractivity contribution in [3.63, 3.8) is 0 Å². The zero-order valence-corrected chi connectivity index (χ0v) is 20.2. The molecule has 2 aliphatic heterocycles. The van der Waals surface area contributed by atoms with E-state index in [2.05, 4.69) is 45.3 Å². The highest BCUT2D eigenvalue weighted by Gasteiger charge is 2.44. The zero-order chi connectivity index (χ0) is 18.6. The van der Waals surface area contributed by atoms with Gasteiger partial charge in [-0.2, -0.15) is 0 Å². The Morgan fingerprint density at radius 3 is 2.53 bits per heavy atom. The van der Waals surface area contributed by atoms with Gasteiger partial charge >= 0.3 is 0 Å². The summed E-state index contributed by atoms with van der Waals surface area (Å²) in [6, 6.07) is 6.47. The third-order valence-corrected chi connectivity index (χ3v) is 7.17. The SMILES string of the molecule is CC1(Cl)CCc2ncnc(N3CCC4(CC3)CNc3cccc(CN)c34)c21.Cl.Cl.Cl. The molecule has 5 rings (SSSR count). The van der Waals surface area contributed by atoms with Gasteiger partial charge in [-0.25, -0.2) is 9.97 Å². The average molecular weight is 493 g/mol. The van der Waals surface area contributed by atoms with Crippen LogP contribution in [0.2, 0.25) is 0 Å². The summed E-state index contributed by atoms with van der Waals surface area (Å²) >= 11 is 6.82. The van der Waals surface area contributed by atoms with E-state index in [1.807, 2.05) is 0 Å². The van der Waals surface area contributed by atoms with Crippen LogP contribution >= 0.6 is 48.8 Å². The van der Waals surface area contributed by atoms with Crippen LogP contribution in [0, 0.1) is 0 Å². The minimum Gasteiger partial charge on any atom is -0.384 e. The van der Waals surface area contributed by atoms with Gasteiger partial charge in [0.25, 0.3) is 0 Å². The first-order valence-corrected chi connectivity index (χ1v) is 10.3. The number of nitrogens with zero attached hydrogens (tertiary/aromatic N) is 3. The maximum Gasteiger partial charge on any atom is 0.137 e. The molecular weight excluding hydrogens is 464 g/mol. The number of aromatic nitrogens is 2. The molecule has 0 radical (unpaired) electrons. The van der Waals surface area contributed by atoms with E-state index in [0.29, 0.717) is 6.54 Å². The van der Waals surface area contributed by atoms with Crippen LogP contribution in [-0.2, 0) is 23.3 Å². The van der Waals surface area contributed by atoms with E-state index >= 15 is 0 Å². The van der Waals surface area contributed by atoms with Crippen molar-refractivity contribution in [2.24, 2.45) is 5.73 Å². The molecule has 0 bridgehead atoms. The number of nitrogens with two attached hydrogens (primary N) is 1. The number of alkyl halides is 1. The minimum atomic E-state index is -0.352. The maximum atomic E-state index is 6.82. The summed E-state index contributed by atoms with van der Waals surface area (Å²) in [6.45, 7) is 5.67. The van der Waals surface area contributed by atoms with E-state index in [-0.39, 0.29) is 47.5 Å². The van der Waals surface area contributed by atoms with Crippen LogP contribution in [-0.4, -0.2) is 29.6 Å². The number of benzene rings is 1. The van der Waals surface area contributed by atoms with E-state index in [9.17, 15) is 0 Å². The van der Waals surface area contributed by atoms with Crippen LogP contribution in [0.3, 0.4) is 0 Å². The van der Waals surface area contributed by atoms with Crippen molar-refractivity contribution in [2.45, 2.75) is 49.4 Å². The molecule has 1 fully saturated rings. The number of halogens is 4. The van der Waals surface area contributed by atoms with Crippen LogP contribution in [0.15, 0.2) is 24.5 Å². The number of fused-ring (bicyclic) bond motifs is 3. The van der Waals surface area contributed by atoms with E-state index in [1.54, 1.807) is 6.33 Å². The summed E-state index contributed by atoms with van der Waals surface area (Å²) in [5.41, 5.74) is 12.5. The lowest BCUT2D eigenvalue weighted by atomic mass is 9.72. The Kier molecular flexibility index (Phi) is 7.80. The Balaban J connectivity index is 0.00000107. The normalized spacial score (nSPS) is 22.8. The van der Waals surface area contributed by atoms with Crippen LogP contribution in [0.25, 0.3) is 0 Å². The molecule has 1 aromatic carbocycles. The number of piperidine rings is 1. The summed E-state index contributed by atoms with van der Waals surface area (Å²) in [7, 11) is 0. The number of rotatable bonds is 2. The Bertz CT molecular complexity index is 897. The molecule has 3 heterocycles. The fraction of sp³-hybridized carbons (Fsp3) is 0.524. The predicted octanol–water partition coefficient (Wildman–Crippen LogP) is 4.56. The van der Waals surface area contributed by atoms with Crippen molar-refractivity contribution in [2.75, 3.05) is 29.9 Å². The average Bonchev–Trinajstić information content (AvgIpc) is 3.21. The van der Waals surface area contributed by atoms with Crippen molar-refractivity contribution in [1.29, 1.82) is 0 Å². The minimum absolute atomic E-state index is 0. The molecule has 1 aromatic heterocycles. The maximum absolute atomic E-state index is 6.82. The highest BCUT2D eigenvalue weighted by Crippen LogP contribution is 2.49. The van der Waals surface area contributed by atoms with Crippen LogP contribution in [0.5, 0.6) is 0 Å². The van der Waals surface area contributed by atoms with Crippen molar-refractivity contribution in [3.05, 3.63) is 46.9 Å². The lowest BCUT2D eigenvalue weighted by Gasteiger charge is -2.41. The van der Waals surface area contributed by atoms with Crippen molar-refractivity contribution >= 4 is 60.3 Å². The number of hydrogen-bond donors (Lipinski definition) is 2. The Morgan fingerprint density at radius 2 is 1.83 bits per heavy atom. The molecule has 30 heavy (non-hydrogen) atoms. The van der Waals surface area contributed by atoms with Crippen molar-refractivity contribution in [3.8, 4) is 0 Å². The molecule has 9 heteroatoms. The fourth-order valence-corrected chi connectivity index (χ4v) is 5.61. The second-order valence-corrected chi connectivity index (χ2v) is 9.22. The van der Waals surface area contributed by atoms with Crippen molar-refractivity contribution < 1.29 is 0 Å². The number of anilines is 2. The lowest BCUT2D eigenvalue weighted by molar-refractivity contribution is 0.358. The van der Waals surface area contributed by atoms with Gasteiger partial charge in [0.05, 0.1) is 10.6 Å². The summed E-state index contributed by atoms with van der Waals surface area (Å²) in [5, 5.41) is 3.62. The van der Waals surface area contributed by atoms with E-state index in [4.69, 9.17) is 17.3 Å². The number of aryl methyl sites for hydroxylation is 1. The van der Waals surface area contributed by atoms with Gasteiger partial charge in [-0.05, 0) is 49.8 Å². The third-order valence-electron chi connectivity index (χ3n) is 6.80. The van der Waals surface area contributed by atoms with Crippen LogP contribution in [0.1, 0.15) is 48.6 Å². The monoisotopic (exact) mass is 491 g/mol. The van der Waals surface area contributed by atoms with Gasteiger partial charge in [-0.15, -0.1) is 48.8 Å². The molecule has 1 aliphatic carbocycles. The highest BCUT2D eigenvalue weighted by atomic mass is 35.5. The molecule has 2 aromatic rings. The van der Waals surface area contributed by atoms with E-state index in [0.717, 1.165) is 62.4 Å². The Hall–Kier alpha value is -0.980. The van der Waals surface area contributed by atoms with Crippen molar-refractivity contribution in [1.82, 2.24) is 9.97 Å². The molecule has 166 valence electrons.